The highest BCUT2D eigenvalue weighted by molar-refractivity contribution is 5.82. The summed E-state index contributed by atoms with van der Waals surface area (Å²) in [4.78, 5) is 61.6. The highest BCUT2D eigenvalue weighted by atomic mass is 16.4. The molecule has 10 heteroatoms. The van der Waals surface area contributed by atoms with Gasteiger partial charge in [0.15, 0.2) is 0 Å². The zero-order valence-corrected chi connectivity index (χ0v) is 17.6. The van der Waals surface area contributed by atoms with E-state index in [1.807, 2.05) is 6.92 Å². The van der Waals surface area contributed by atoms with Gasteiger partial charge in [0.2, 0.25) is 0 Å². The molecule has 166 valence electrons. The van der Waals surface area contributed by atoms with Crippen LogP contribution in [-0.2, 0) is 24.0 Å². The number of hydrogen-bond donors (Lipinski definition) is 2. The van der Waals surface area contributed by atoms with Gasteiger partial charge in [-0.2, -0.15) is 0 Å². The largest absolute Gasteiger partial charge is 0.480 e. The van der Waals surface area contributed by atoms with Crippen LogP contribution in [0, 0.1) is 0 Å². The van der Waals surface area contributed by atoms with Crippen LogP contribution in [0.25, 0.3) is 0 Å². The van der Waals surface area contributed by atoms with E-state index in [2.05, 4.69) is 0 Å². The summed E-state index contributed by atoms with van der Waals surface area (Å²) in [6.07, 6.45) is 1.13. The Balaban J connectivity index is 4.93. The summed E-state index contributed by atoms with van der Waals surface area (Å²) in [5, 5.41) is 18.1. The standard InChI is InChI=1S/C19H33N3O7/c1-4-5-17(25)12-21(10-15(2)23)8-6-20(13-18(26)27)7-9-22(11-16(3)24)14-19(28)29/h4-14H2,1-3H3,(H,26,27)(H,28,29). The molecule has 0 bridgehead atoms. The first-order valence-corrected chi connectivity index (χ1v) is 9.64. The molecule has 0 rings (SSSR count). The zero-order chi connectivity index (χ0) is 22.4. The molecule has 0 saturated carbocycles. The number of carboxylic acid groups (broad SMARTS) is 2. The number of rotatable bonds is 18. The van der Waals surface area contributed by atoms with Crippen molar-refractivity contribution in [2.45, 2.75) is 33.6 Å². The van der Waals surface area contributed by atoms with Crippen LogP contribution < -0.4 is 0 Å². The summed E-state index contributed by atoms with van der Waals surface area (Å²) >= 11 is 0. The number of hydrogen-bond acceptors (Lipinski definition) is 8. The van der Waals surface area contributed by atoms with Gasteiger partial charge in [0, 0.05) is 32.6 Å². The quantitative estimate of drug-likeness (QED) is 0.304. The Bertz CT molecular complexity index is 564. The third kappa shape index (κ3) is 15.4. The van der Waals surface area contributed by atoms with Crippen molar-refractivity contribution < 1.29 is 34.2 Å². The molecule has 0 spiro atoms. The van der Waals surface area contributed by atoms with Crippen molar-refractivity contribution >= 4 is 29.3 Å². The number of Topliss-reactive ketones (excluding diaryl/α,β-unsaturated/α-hetero) is 3. The summed E-state index contributed by atoms with van der Waals surface area (Å²) in [7, 11) is 0. The van der Waals surface area contributed by atoms with E-state index in [0.29, 0.717) is 25.9 Å². The molecule has 2 N–H and O–H groups in total. The normalized spacial score (nSPS) is 11.2. The van der Waals surface area contributed by atoms with Crippen molar-refractivity contribution in [3.63, 3.8) is 0 Å². The van der Waals surface area contributed by atoms with Crippen molar-refractivity contribution in [1.82, 2.24) is 14.7 Å². The highest BCUT2D eigenvalue weighted by Crippen LogP contribution is 1.99. The Morgan fingerprint density at radius 2 is 1.00 bits per heavy atom. The lowest BCUT2D eigenvalue weighted by Crippen LogP contribution is -2.45. The molecule has 29 heavy (non-hydrogen) atoms. The van der Waals surface area contributed by atoms with Crippen LogP contribution >= 0.6 is 0 Å². The topological polar surface area (TPSA) is 136 Å². The summed E-state index contributed by atoms with van der Waals surface area (Å²) in [6, 6.07) is 0. The van der Waals surface area contributed by atoms with Gasteiger partial charge in [0.05, 0.1) is 32.7 Å². The number of ketones is 3. The van der Waals surface area contributed by atoms with Gasteiger partial charge >= 0.3 is 11.9 Å². The molecule has 0 aliphatic carbocycles. The SMILES string of the molecule is CCCC(=O)CN(CCN(CCN(CC(C)=O)CC(=O)O)CC(=O)O)CC(C)=O. The molecule has 0 aromatic heterocycles. The van der Waals surface area contributed by atoms with Crippen molar-refractivity contribution in [1.29, 1.82) is 0 Å². The Labute approximate surface area is 171 Å². The minimum absolute atomic E-state index is 0.0210. The maximum Gasteiger partial charge on any atom is 0.317 e. The van der Waals surface area contributed by atoms with Gasteiger partial charge < -0.3 is 10.2 Å². The molecule has 0 aromatic rings. The first-order valence-electron chi connectivity index (χ1n) is 9.64. The molecular formula is C19H33N3O7. The summed E-state index contributed by atoms with van der Waals surface area (Å²) in [5.74, 6) is -2.36. The monoisotopic (exact) mass is 415 g/mol. The number of carbonyl (C=O) groups is 5. The van der Waals surface area contributed by atoms with E-state index in [4.69, 9.17) is 10.2 Å². The van der Waals surface area contributed by atoms with Crippen LogP contribution in [0.1, 0.15) is 33.6 Å². The molecule has 0 unspecified atom stereocenters. The fraction of sp³-hybridized carbons (Fsp3) is 0.737. The number of nitrogens with zero attached hydrogens (tertiary/aromatic N) is 3. The third-order valence-corrected chi connectivity index (χ3v) is 4.00. The molecule has 10 nitrogen and oxygen atoms in total. The molecule has 0 aliphatic rings. The second kappa shape index (κ2) is 14.8. The maximum atomic E-state index is 11.9. The number of aliphatic carboxylic acids is 2. The van der Waals surface area contributed by atoms with Crippen LogP contribution in [0.3, 0.4) is 0 Å². The molecule has 0 atom stereocenters. The van der Waals surface area contributed by atoms with Crippen LogP contribution in [0.15, 0.2) is 0 Å². The molecular weight excluding hydrogens is 382 g/mol. The maximum absolute atomic E-state index is 11.9. The predicted molar refractivity (Wildman–Crippen MR) is 106 cm³/mol. The van der Waals surface area contributed by atoms with Gasteiger partial charge in [0.1, 0.15) is 17.3 Å². The van der Waals surface area contributed by atoms with E-state index in [1.54, 1.807) is 9.80 Å². The average Bonchev–Trinajstić information content (AvgIpc) is 2.55. The van der Waals surface area contributed by atoms with E-state index >= 15 is 0 Å². The summed E-state index contributed by atoms with van der Waals surface area (Å²) in [5.41, 5.74) is 0. The Hall–Kier alpha value is -2.17. The minimum atomic E-state index is -1.07. The molecule has 0 heterocycles. The lowest BCUT2D eigenvalue weighted by molar-refractivity contribution is -0.140. The van der Waals surface area contributed by atoms with Gasteiger partial charge in [0.25, 0.3) is 0 Å². The van der Waals surface area contributed by atoms with Gasteiger partial charge in [-0.1, -0.05) is 6.92 Å². The summed E-state index contributed by atoms with van der Waals surface area (Å²) < 4.78 is 0. The Kier molecular flexibility index (Phi) is 13.7. The van der Waals surface area contributed by atoms with Crippen molar-refractivity contribution in [3.8, 4) is 0 Å². The summed E-state index contributed by atoms with van der Waals surface area (Å²) in [6.45, 7) is 5.36. The fourth-order valence-corrected chi connectivity index (χ4v) is 2.88. The second-order valence-electron chi connectivity index (χ2n) is 7.18. The Morgan fingerprint density at radius 1 is 0.621 bits per heavy atom. The fourth-order valence-electron chi connectivity index (χ4n) is 2.88. The van der Waals surface area contributed by atoms with Crippen LogP contribution in [0.5, 0.6) is 0 Å². The van der Waals surface area contributed by atoms with Crippen molar-refractivity contribution in [2.75, 3.05) is 58.9 Å². The second-order valence-corrected chi connectivity index (χ2v) is 7.18. The van der Waals surface area contributed by atoms with Crippen LogP contribution in [0.2, 0.25) is 0 Å². The molecule has 0 fully saturated rings. The first-order chi connectivity index (χ1) is 13.5. The number of carbonyl (C=O) groups excluding carboxylic acids is 3. The Morgan fingerprint density at radius 3 is 1.38 bits per heavy atom. The van der Waals surface area contributed by atoms with E-state index in [9.17, 15) is 24.0 Å². The highest BCUT2D eigenvalue weighted by Gasteiger charge is 2.18. The number of carboxylic acids is 2. The molecule has 0 radical (unpaired) electrons. The lowest BCUT2D eigenvalue weighted by Gasteiger charge is -2.28. The van der Waals surface area contributed by atoms with E-state index in [-0.39, 0.29) is 63.2 Å². The first kappa shape index (κ1) is 26.8. The van der Waals surface area contributed by atoms with Gasteiger partial charge in [-0.05, 0) is 20.3 Å². The van der Waals surface area contributed by atoms with E-state index < -0.39 is 11.9 Å². The van der Waals surface area contributed by atoms with Gasteiger partial charge in [-0.3, -0.25) is 38.7 Å². The lowest BCUT2D eigenvalue weighted by atomic mass is 10.2. The predicted octanol–water partition coefficient (Wildman–Crippen LogP) is -0.391. The zero-order valence-electron chi connectivity index (χ0n) is 17.6. The van der Waals surface area contributed by atoms with Crippen LogP contribution in [-0.4, -0.2) is 113 Å². The molecule has 0 amide bonds. The minimum Gasteiger partial charge on any atom is -0.480 e. The smallest absolute Gasteiger partial charge is 0.317 e. The average molecular weight is 415 g/mol. The molecule has 0 aliphatic heterocycles. The van der Waals surface area contributed by atoms with E-state index in [1.165, 1.54) is 18.7 Å². The third-order valence-electron chi connectivity index (χ3n) is 4.00. The van der Waals surface area contributed by atoms with E-state index in [0.717, 1.165) is 0 Å². The van der Waals surface area contributed by atoms with Crippen molar-refractivity contribution in [3.05, 3.63) is 0 Å². The van der Waals surface area contributed by atoms with Gasteiger partial charge in [-0.25, -0.2) is 0 Å². The van der Waals surface area contributed by atoms with Gasteiger partial charge in [-0.15, -0.1) is 0 Å². The van der Waals surface area contributed by atoms with Crippen LogP contribution in [0.4, 0.5) is 0 Å². The molecule has 0 aromatic carbocycles. The molecule has 0 saturated heterocycles. The van der Waals surface area contributed by atoms with Crippen molar-refractivity contribution in [2.24, 2.45) is 0 Å².